The van der Waals surface area contributed by atoms with Gasteiger partial charge in [-0.25, -0.2) is 0 Å². The van der Waals surface area contributed by atoms with Crippen LogP contribution in [0.1, 0.15) is 106 Å². The summed E-state index contributed by atoms with van der Waals surface area (Å²) in [4.78, 5) is 53.9. The molecule has 11 heteroatoms. The highest BCUT2D eigenvalue weighted by Crippen LogP contribution is 2.54. The van der Waals surface area contributed by atoms with Gasteiger partial charge in [0.05, 0.1) is 56.1 Å². The number of fused-ring (bicyclic) bond motifs is 1. The van der Waals surface area contributed by atoms with Crippen molar-refractivity contribution in [2.45, 2.75) is 105 Å². The lowest BCUT2D eigenvalue weighted by atomic mass is 9.77. The maximum Gasteiger partial charge on any atom is 0.308 e. The van der Waals surface area contributed by atoms with Crippen molar-refractivity contribution in [3.05, 3.63) is 66.0 Å². The zero-order valence-corrected chi connectivity index (χ0v) is 34.6. The van der Waals surface area contributed by atoms with E-state index in [0.717, 1.165) is 85.6 Å². The van der Waals surface area contributed by atoms with Gasteiger partial charge in [-0.05, 0) is 159 Å². The first-order chi connectivity index (χ1) is 28.5. The highest BCUT2D eigenvalue weighted by Gasteiger charge is 2.34. The third kappa shape index (κ3) is 6.93. The molecule has 0 spiro atoms. The number of hydrogen-bond acceptors (Lipinski definition) is 11. The number of phenolic OH excluding ortho intramolecular Hbond substituents is 1. The van der Waals surface area contributed by atoms with E-state index in [2.05, 4.69) is 11.4 Å². The molecule has 2 fully saturated rings. The molecule has 0 aliphatic heterocycles. The normalized spacial score (nSPS) is 20.7. The van der Waals surface area contributed by atoms with Gasteiger partial charge < -0.3 is 34.8 Å². The summed E-state index contributed by atoms with van der Waals surface area (Å²) in [5.41, 5.74) is 4.35. The summed E-state index contributed by atoms with van der Waals surface area (Å²) in [5.74, 6) is 0.0668. The van der Waals surface area contributed by atoms with E-state index >= 15 is 0 Å². The molecule has 312 valence electrons. The predicted molar refractivity (Wildman–Crippen MR) is 230 cm³/mol. The molecule has 0 bridgehead atoms. The zero-order chi connectivity index (χ0) is 41.7. The quantitative estimate of drug-likeness (QED) is 0.0525. The summed E-state index contributed by atoms with van der Waals surface area (Å²) in [6.45, 7) is 6.08. The molecule has 59 heavy (non-hydrogen) atoms. The first-order valence-electron chi connectivity index (χ1n) is 21.4. The van der Waals surface area contributed by atoms with E-state index in [1.165, 1.54) is 19.2 Å². The number of carbonyl (C=O) groups is 2. The molecular weight excluding hydrogens is 751 g/mol. The largest absolute Gasteiger partial charge is 0.504 e. The summed E-state index contributed by atoms with van der Waals surface area (Å²) in [6, 6.07) is 2.82. The first-order valence-corrected chi connectivity index (χ1v) is 21.4. The molecule has 2 saturated carbocycles. The molecule has 3 aliphatic rings. The standard InChI is InChI=1S/C48H55NO10/c1-5-58-47(55)27-12-7-25(8-13-27)11-16-31-32-17-24(3)18-33-39-38(32)42-36(37-30(23-51)20-35(53)41(43(37)39)45(54)46(33)57-4)29(22-50)19-34(52)40(42)44(31)49-21-26-9-14-28(15-10-26)48(56)59-6-2/h17,19-20,25-28,49-51,54H,5-16,18,21-23H2,1-4H3. The van der Waals surface area contributed by atoms with E-state index in [0.29, 0.717) is 87.5 Å². The maximum absolute atomic E-state index is 14.7. The van der Waals surface area contributed by atoms with Gasteiger partial charge in [0.1, 0.15) is 0 Å². The number of methoxy groups -OCH3 is 1. The zero-order valence-electron chi connectivity index (χ0n) is 34.6. The number of hydrogen-bond donors (Lipinski definition) is 4. The second-order valence-corrected chi connectivity index (χ2v) is 17.0. The van der Waals surface area contributed by atoms with Crippen LogP contribution in [0.3, 0.4) is 0 Å². The Bertz CT molecular complexity index is 2600. The van der Waals surface area contributed by atoms with Crippen molar-refractivity contribution in [1.82, 2.24) is 0 Å². The predicted octanol–water partition coefficient (Wildman–Crippen LogP) is 7.64. The number of benzene rings is 5. The van der Waals surface area contributed by atoms with Crippen LogP contribution in [-0.2, 0) is 45.1 Å². The Morgan fingerprint density at radius 1 is 0.729 bits per heavy atom. The smallest absolute Gasteiger partial charge is 0.308 e. The highest BCUT2D eigenvalue weighted by atomic mass is 16.5. The number of phenols is 1. The third-order valence-electron chi connectivity index (χ3n) is 13.6. The molecule has 5 aromatic carbocycles. The number of aromatic hydroxyl groups is 1. The minimum atomic E-state index is -0.469. The summed E-state index contributed by atoms with van der Waals surface area (Å²) < 4.78 is 16.6. The van der Waals surface area contributed by atoms with Crippen LogP contribution >= 0.6 is 0 Å². The number of allylic oxidation sites excluding steroid dienone is 1. The van der Waals surface area contributed by atoms with Gasteiger partial charge in [0.25, 0.3) is 0 Å². The van der Waals surface area contributed by atoms with Crippen LogP contribution in [0, 0.1) is 23.7 Å². The van der Waals surface area contributed by atoms with Gasteiger partial charge in [0.15, 0.2) is 22.4 Å². The monoisotopic (exact) mass is 805 g/mol. The van der Waals surface area contributed by atoms with Gasteiger partial charge in [0, 0.05) is 28.6 Å². The fourth-order valence-electron chi connectivity index (χ4n) is 10.8. The number of rotatable bonds is 13. The fourth-order valence-corrected chi connectivity index (χ4v) is 10.8. The fraction of sp³-hybridized carbons (Fsp3) is 0.500. The van der Waals surface area contributed by atoms with Crippen molar-refractivity contribution >= 4 is 66.8 Å². The van der Waals surface area contributed by atoms with Crippen LogP contribution in [0.2, 0.25) is 0 Å². The number of esters is 2. The molecule has 0 radical (unpaired) electrons. The summed E-state index contributed by atoms with van der Waals surface area (Å²) in [6.07, 6.45) is 10.5. The Balaban J connectivity index is 1.38. The van der Waals surface area contributed by atoms with E-state index in [1.807, 2.05) is 20.8 Å². The van der Waals surface area contributed by atoms with Crippen molar-refractivity contribution in [1.29, 1.82) is 0 Å². The number of anilines is 1. The first kappa shape index (κ1) is 40.8. The van der Waals surface area contributed by atoms with Crippen LogP contribution in [0.15, 0.2) is 27.3 Å². The van der Waals surface area contributed by atoms with Crippen LogP contribution < -0.4 is 20.9 Å². The summed E-state index contributed by atoms with van der Waals surface area (Å²) in [7, 11) is 1.48. The molecule has 11 nitrogen and oxygen atoms in total. The number of nitrogens with one attached hydrogen (secondary N) is 1. The molecule has 0 unspecified atom stereocenters. The van der Waals surface area contributed by atoms with Crippen LogP contribution in [0.5, 0.6) is 11.5 Å². The van der Waals surface area contributed by atoms with Gasteiger partial charge in [-0.15, -0.1) is 0 Å². The van der Waals surface area contributed by atoms with Gasteiger partial charge in [-0.3, -0.25) is 19.2 Å². The van der Waals surface area contributed by atoms with Crippen molar-refractivity contribution in [3.63, 3.8) is 0 Å². The van der Waals surface area contributed by atoms with Crippen LogP contribution in [-0.4, -0.2) is 54.1 Å². The van der Waals surface area contributed by atoms with Gasteiger partial charge >= 0.3 is 11.9 Å². The molecule has 0 aromatic heterocycles. The lowest BCUT2D eigenvalue weighted by Gasteiger charge is -2.30. The minimum absolute atomic E-state index is 0.0766. The van der Waals surface area contributed by atoms with Crippen LogP contribution in [0.25, 0.3) is 49.2 Å². The SMILES string of the molecule is CCOC(=O)C1CCC(CCc2c(NCC3CCC(C(=O)OCC)CC3)c3c(=O)cc(CO)c4c5c(CO)cc(=O)c6c(O)c(OC)c7c(c(c2C=C(C)C7)c34)c65)CC1. The lowest BCUT2D eigenvalue weighted by molar-refractivity contribution is -0.150. The molecule has 0 amide bonds. The average Bonchev–Trinajstić information content (AvgIpc) is 3.38. The summed E-state index contributed by atoms with van der Waals surface area (Å²) >= 11 is 0. The van der Waals surface area contributed by atoms with E-state index in [9.17, 15) is 34.5 Å². The van der Waals surface area contributed by atoms with Gasteiger partial charge in [-0.1, -0.05) is 11.6 Å². The van der Waals surface area contributed by atoms with Crippen molar-refractivity contribution in [2.24, 2.45) is 23.7 Å². The lowest BCUT2D eigenvalue weighted by Crippen LogP contribution is -2.27. The van der Waals surface area contributed by atoms with E-state index in [-0.39, 0.29) is 52.0 Å². The van der Waals surface area contributed by atoms with E-state index in [1.54, 1.807) is 0 Å². The Kier molecular flexibility index (Phi) is 11.4. The Morgan fingerprint density at radius 3 is 1.81 bits per heavy atom. The average molecular weight is 806 g/mol. The minimum Gasteiger partial charge on any atom is -0.504 e. The van der Waals surface area contributed by atoms with E-state index in [4.69, 9.17) is 14.2 Å². The third-order valence-corrected chi connectivity index (χ3v) is 13.6. The van der Waals surface area contributed by atoms with Gasteiger partial charge in [0.2, 0.25) is 0 Å². The molecular formula is C48H55NO10. The molecule has 3 aliphatic carbocycles. The number of carbonyl (C=O) groups excluding carboxylic acids is 2. The maximum atomic E-state index is 14.7. The number of aliphatic hydroxyl groups excluding tert-OH is 2. The summed E-state index contributed by atoms with van der Waals surface area (Å²) in [5, 5.41) is 41.6. The molecule has 8 rings (SSSR count). The topological polar surface area (TPSA) is 169 Å². The molecule has 0 atom stereocenters. The van der Waals surface area contributed by atoms with Crippen molar-refractivity contribution in [3.8, 4) is 11.5 Å². The Labute approximate surface area is 343 Å². The van der Waals surface area contributed by atoms with Crippen LogP contribution in [0.4, 0.5) is 5.69 Å². The second-order valence-electron chi connectivity index (χ2n) is 17.0. The second kappa shape index (κ2) is 16.6. The Hall–Kier alpha value is -5.00. The van der Waals surface area contributed by atoms with Gasteiger partial charge in [-0.2, -0.15) is 0 Å². The Morgan fingerprint density at radius 2 is 1.27 bits per heavy atom. The van der Waals surface area contributed by atoms with Crippen molar-refractivity contribution < 1.29 is 39.1 Å². The molecule has 4 N–H and O–H groups in total. The molecule has 5 aromatic rings. The highest BCUT2D eigenvalue weighted by molar-refractivity contribution is 6.38. The number of ether oxygens (including phenoxy) is 3. The molecule has 0 saturated heterocycles. The number of aliphatic hydroxyl groups is 2. The van der Waals surface area contributed by atoms with Crippen molar-refractivity contribution in [2.75, 3.05) is 32.2 Å². The van der Waals surface area contributed by atoms with E-state index < -0.39 is 18.6 Å². The molecule has 0 heterocycles.